The first kappa shape index (κ1) is 21.3. The Morgan fingerprint density at radius 2 is 1.87 bits per heavy atom. The quantitative estimate of drug-likeness (QED) is 0.338. The number of nitro groups is 1. The number of fused-ring (bicyclic) bond motifs is 1. The van der Waals surface area contributed by atoms with E-state index in [1.54, 1.807) is 13.0 Å². The Kier molecular flexibility index (Phi) is 6.09. The van der Waals surface area contributed by atoms with Crippen molar-refractivity contribution in [2.75, 3.05) is 13.1 Å². The van der Waals surface area contributed by atoms with E-state index >= 15 is 0 Å². The molecule has 0 fully saturated rings. The first-order valence-electron chi connectivity index (χ1n) is 9.08. The van der Waals surface area contributed by atoms with Gasteiger partial charge < -0.3 is 5.32 Å². The SMILES string of the molecule is Cc1ccc2nc(C)cc(C(=O)NCCNS(=O)(=O)c3cccc([N+](=O)[O-])c3)c2c1. The molecule has 2 aromatic carbocycles. The third-order valence-corrected chi connectivity index (χ3v) is 5.84. The van der Waals surface area contributed by atoms with E-state index in [2.05, 4.69) is 15.0 Å². The summed E-state index contributed by atoms with van der Waals surface area (Å²) in [7, 11) is -3.94. The average molecular weight is 428 g/mol. The van der Waals surface area contributed by atoms with Gasteiger partial charge >= 0.3 is 0 Å². The lowest BCUT2D eigenvalue weighted by Crippen LogP contribution is -2.34. The topological polar surface area (TPSA) is 131 Å². The van der Waals surface area contributed by atoms with Crippen LogP contribution in [0.2, 0.25) is 0 Å². The zero-order valence-electron chi connectivity index (χ0n) is 16.4. The van der Waals surface area contributed by atoms with Gasteiger partial charge in [0, 0.05) is 36.3 Å². The van der Waals surface area contributed by atoms with Crippen molar-refractivity contribution in [2.24, 2.45) is 0 Å². The summed E-state index contributed by atoms with van der Waals surface area (Å²) in [5.74, 6) is -0.342. The Labute approximate surface area is 173 Å². The predicted octanol–water partition coefficient (Wildman–Crippen LogP) is 2.47. The van der Waals surface area contributed by atoms with E-state index in [0.29, 0.717) is 16.8 Å². The van der Waals surface area contributed by atoms with Gasteiger partial charge in [-0.1, -0.05) is 17.7 Å². The summed E-state index contributed by atoms with van der Waals surface area (Å²) in [6, 6.07) is 12.1. The standard InChI is InChI=1S/C20H20N4O5S/c1-13-6-7-19-17(10-13)18(11-14(2)23-19)20(25)21-8-9-22-30(28,29)16-5-3-4-15(12-16)24(26)27/h3-7,10-12,22H,8-9H2,1-2H3,(H,21,25). The van der Waals surface area contributed by atoms with E-state index in [4.69, 9.17) is 0 Å². The molecular formula is C20H20N4O5S. The van der Waals surface area contributed by atoms with Crippen LogP contribution < -0.4 is 10.0 Å². The predicted molar refractivity (Wildman–Crippen MR) is 112 cm³/mol. The zero-order chi connectivity index (χ0) is 21.9. The molecule has 0 aliphatic rings. The van der Waals surface area contributed by atoms with E-state index in [-0.39, 0.29) is 29.6 Å². The maximum Gasteiger partial charge on any atom is 0.270 e. The van der Waals surface area contributed by atoms with Crippen molar-refractivity contribution < 1.29 is 18.1 Å². The molecule has 30 heavy (non-hydrogen) atoms. The van der Waals surface area contributed by atoms with E-state index in [1.807, 2.05) is 25.1 Å². The van der Waals surface area contributed by atoms with E-state index < -0.39 is 14.9 Å². The van der Waals surface area contributed by atoms with Crippen molar-refractivity contribution in [1.82, 2.24) is 15.0 Å². The van der Waals surface area contributed by atoms with E-state index in [1.165, 1.54) is 18.2 Å². The second-order valence-corrected chi connectivity index (χ2v) is 8.51. The Morgan fingerprint density at radius 1 is 1.10 bits per heavy atom. The van der Waals surface area contributed by atoms with Crippen LogP contribution >= 0.6 is 0 Å². The van der Waals surface area contributed by atoms with Crippen molar-refractivity contribution in [3.05, 3.63) is 75.5 Å². The molecule has 3 aromatic rings. The highest BCUT2D eigenvalue weighted by molar-refractivity contribution is 7.89. The van der Waals surface area contributed by atoms with Crippen LogP contribution in [0.5, 0.6) is 0 Å². The number of aromatic nitrogens is 1. The number of benzene rings is 2. The first-order chi connectivity index (χ1) is 14.2. The highest BCUT2D eigenvalue weighted by Gasteiger charge is 2.17. The molecule has 10 heteroatoms. The fourth-order valence-electron chi connectivity index (χ4n) is 2.96. The average Bonchev–Trinajstić information content (AvgIpc) is 2.71. The van der Waals surface area contributed by atoms with Gasteiger partial charge in [0.05, 0.1) is 20.9 Å². The van der Waals surface area contributed by atoms with Gasteiger partial charge in [-0.25, -0.2) is 13.1 Å². The normalized spacial score (nSPS) is 11.4. The number of nitrogens with zero attached hydrogens (tertiary/aromatic N) is 2. The van der Waals surface area contributed by atoms with Gasteiger partial charge in [0.1, 0.15) is 0 Å². The number of nitro benzene ring substituents is 1. The van der Waals surface area contributed by atoms with Crippen LogP contribution in [0.25, 0.3) is 10.9 Å². The van der Waals surface area contributed by atoms with Crippen LogP contribution in [0.1, 0.15) is 21.6 Å². The third kappa shape index (κ3) is 4.78. The smallest absolute Gasteiger partial charge is 0.270 e. The van der Waals surface area contributed by atoms with E-state index in [0.717, 1.165) is 17.0 Å². The molecule has 0 aliphatic carbocycles. The fraction of sp³-hybridized carbons (Fsp3) is 0.200. The molecule has 9 nitrogen and oxygen atoms in total. The van der Waals surface area contributed by atoms with Crippen LogP contribution in [0.3, 0.4) is 0 Å². The molecule has 1 amide bonds. The summed E-state index contributed by atoms with van der Waals surface area (Å²) in [5.41, 5.74) is 2.54. The summed E-state index contributed by atoms with van der Waals surface area (Å²) in [6.45, 7) is 3.69. The Hall–Kier alpha value is -3.37. The maximum atomic E-state index is 12.6. The molecule has 0 spiro atoms. The summed E-state index contributed by atoms with van der Waals surface area (Å²) in [4.78, 5) is 27.0. The number of pyridine rings is 1. The summed E-state index contributed by atoms with van der Waals surface area (Å²) in [5, 5.41) is 14.2. The molecule has 1 aromatic heterocycles. The molecule has 0 unspecified atom stereocenters. The molecule has 0 atom stereocenters. The summed E-state index contributed by atoms with van der Waals surface area (Å²) < 4.78 is 27.0. The second kappa shape index (κ2) is 8.56. The van der Waals surface area contributed by atoms with Crippen LogP contribution in [0.4, 0.5) is 5.69 Å². The molecule has 3 rings (SSSR count). The van der Waals surface area contributed by atoms with Crippen molar-refractivity contribution >= 4 is 32.5 Å². The number of aryl methyl sites for hydroxylation is 2. The molecular weight excluding hydrogens is 408 g/mol. The lowest BCUT2D eigenvalue weighted by Gasteiger charge is -2.11. The van der Waals surface area contributed by atoms with Crippen LogP contribution in [-0.4, -0.2) is 37.3 Å². The van der Waals surface area contributed by atoms with Crippen LogP contribution in [0, 0.1) is 24.0 Å². The summed E-state index contributed by atoms with van der Waals surface area (Å²) in [6.07, 6.45) is 0. The molecule has 0 saturated carbocycles. The highest BCUT2D eigenvalue weighted by atomic mass is 32.2. The summed E-state index contributed by atoms with van der Waals surface area (Å²) >= 11 is 0. The minimum atomic E-state index is -3.94. The van der Waals surface area contributed by atoms with Gasteiger partial charge in [-0.2, -0.15) is 0 Å². The minimum Gasteiger partial charge on any atom is -0.351 e. The van der Waals surface area contributed by atoms with Crippen molar-refractivity contribution in [1.29, 1.82) is 0 Å². The van der Waals surface area contributed by atoms with Crippen molar-refractivity contribution in [2.45, 2.75) is 18.7 Å². The number of non-ortho nitro benzene ring substituents is 1. The largest absolute Gasteiger partial charge is 0.351 e. The van der Waals surface area contributed by atoms with Gasteiger partial charge in [0.25, 0.3) is 11.6 Å². The maximum absolute atomic E-state index is 12.6. The number of sulfonamides is 1. The number of nitrogens with one attached hydrogen (secondary N) is 2. The van der Waals surface area contributed by atoms with Crippen LogP contribution in [0.15, 0.2) is 53.4 Å². The number of carbonyl (C=O) groups is 1. The van der Waals surface area contributed by atoms with Crippen molar-refractivity contribution in [3.63, 3.8) is 0 Å². The first-order valence-corrected chi connectivity index (χ1v) is 10.6. The molecule has 1 heterocycles. The van der Waals surface area contributed by atoms with Crippen molar-refractivity contribution in [3.8, 4) is 0 Å². The van der Waals surface area contributed by atoms with Gasteiger partial charge in [-0.3, -0.25) is 19.9 Å². The molecule has 0 bridgehead atoms. The highest BCUT2D eigenvalue weighted by Crippen LogP contribution is 2.20. The molecule has 156 valence electrons. The number of rotatable bonds is 7. The molecule has 2 N–H and O–H groups in total. The second-order valence-electron chi connectivity index (χ2n) is 6.74. The number of hydrogen-bond donors (Lipinski definition) is 2. The van der Waals surface area contributed by atoms with Gasteiger partial charge in [-0.15, -0.1) is 0 Å². The van der Waals surface area contributed by atoms with E-state index in [9.17, 15) is 23.3 Å². The lowest BCUT2D eigenvalue weighted by molar-refractivity contribution is -0.385. The molecule has 0 aliphatic heterocycles. The number of amides is 1. The Balaban J connectivity index is 1.67. The van der Waals surface area contributed by atoms with Gasteiger partial charge in [0.2, 0.25) is 10.0 Å². The Bertz CT molecular complexity index is 1240. The minimum absolute atomic E-state index is 0.0433. The van der Waals surface area contributed by atoms with Gasteiger partial charge in [0.15, 0.2) is 0 Å². The fourth-order valence-corrected chi connectivity index (χ4v) is 4.04. The third-order valence-electron chi connectivity index (χ3n) is 4.38. The number of hydrogen-bond acceptors (Lipinski definition) is 6. The van der Waals surface area contributed by atoms with Gasteiger partial charge in [-0.05, 0) is 38.1 Å². The zero-order valence-corrected chi connectivity index (χ0v) is 17.2. The number of carbonyl (C=O) groups excluding carboxylic acids is 1. The lowest BCUT2D eigenvalue weighted by atomic mass is 10.0. The van der Waals surface area contributed by atoms with Crippen LogP contribution in [-0.2, 0) is 10.0 Å². The monoisotopic (exact) mass is 428 g/mol. The Morgan fingerprint density at radius 3 is 2.60 bits per heavy atom. The molecule has 0 saturated heterocycles. The molecule has 0 radical (unpaired) electrons.